The maximum atomic E-state index is 12.6. The van der Waals surface area contributed by atoms with E-state index in [0.29, 0.717) is 5.17 Å². The lowest BCUT2D eigenvalue weighted by molar-refractivity contribution is -0.114. The summed E-state index contributed by atoms with van der Waals surface area (Å²) < 4.78 is 2.16. The Kier molecular flexibility index (Phi) is 5.00. The summed E-state index contributed by atoms with van der Waals surface area (Å²) in [5.41, 5.74) is 5.63. The molecule has 2 aliphatic heterocycles. The average molecular weight is 406 g/mol. The van der Waals surface area contributed by atoms with Gasteiger partial charge in [-0.25, -0.2) is 0 Å². The summed E-state index contributed by atoms with van der Waals surface area (Å²) in [6.45, 7) is 8.20. The highest BCUT2D eigenvalue weighted by Crippen LogP contribution is 2.30. The van der Waals surface area contributed by atoms with Crippen LogP contribution >= 0.6 is 11.8 Å². The molecule has 0 bridgehead atoms. The zero-order valence-electron chi connectivity index (χ0n) is 17.0. The van der Waals surface area contributed by atoms with Crippen molar-refractivity contribution in [1.82, 2.24) is 9.58 Å². The number of nitrogens with one attached hydrogen (secondary N) is 1. The van der Waals surface area contributed by atoms with Gasteiger partial charge in [0.2, 0.25) is 5.17 Å². The number of hydrogen-bond acceptors (Lipinski definition) is 4. The molecule has 0 saturated carbocycles. The van der Waals surface area contributed by atoms with E-state index in [-0.39, 0.29) is 11.4 Å². The van der Waals surface area contributed by atoms with E-state index in [9.17, 15) is 4.79 Å². The van der Waals surface area contributed by atoms with Gasteiger partial charge in [-0.2, -0.15) is 15.1 Å². The summed E-state index contributed by atoms with van der Waals surface area (Å²) in [5, 5.41) is 15.7. The Morgan fingerprint density at radius 2 is 1.86 bits per heavy atom. The van der Waals surface area contributed by atoms with Crippen molar-refractivity contribution in [2.75, 3.05) is 0 Å². The fourth-order valence-corrected chi connectivity index (χ4v) is 4.37. The molecular formula is C22H23N5OS. The number of aliphatic imine (C=N–C) groups is 1. The molecule has 3 heterocycles. The van der Waals surface area contributed by atoms with Crippen LogP contribution < -0.4 is 0 Å². The highest BCUT2D eigenvalue weighted by Gasteiger charge is 2.35. The van der Waals surface area contributed by atoms with Crippen molar-refractivity contribution in [3.63, 3.8) is 0 Å². The van der Waals surface area contributed by atoms with Crippen LogP contribution in [0.1, 0.15) is 42.8 Å². The Bertz CT molecular complexity index is 1100. The zero-order valence-corrected chi connectivity index (χ0v) is 17.8. The molecule has 1 aromatic heterocycles. The molecule has 29 heavy (non-hydrogen) atoms. The van der Waals surface area contributed by atoms with Crippen molar-refractivity contribution < 1.29 is 4.79 Å². The molecule has 0 radical (unpaired) electrons. The van der Waals surface area contributed by atoms with Gasteiger partial charge in [0.1, 0.15) is 5.04 Å². The summed E-state index contributed by atoms with van der Waals surface area (Å²) in [6.07, 6.45) is 3.51. The number of hydrazone groups is 1. The van der Waals surface area contributed by atoms with Gasteiger partial charge < -0.3 is 4.57 Å². The van der Waals surface area contributed by atoms with Crippen molar-refractivity contribution in [2.24, 2.45) is 10.1 Å². The molecule has 0 spiro atoms. The van der Waals surface area contributed by atoms with E-state index in [0.717, 1.165) is 40.5 Å². The molecule has 0 fully saturated rings. The molecule has 6 nitrogen and oxygen atoms in total. The number of benzene rings is 1. The molecule has 7 heteroatoms. The van der Waals surface area contributed by atoms with E-state index >= 15 is 0 Å². The smallest absolute Gasteiger partial charge is 0.283 e. The molecule has 1 amide bonds. The Balaban J connectivity index is 1.73. The lowest BCUT2D eigenvalue weighted by Gasteiger charge is -2.20. The van der Waals surface area contributed by atoms with Crippen LogP contribution in [0.4, 0.5) is 0 Å². The third-order valence-electron chi connectivity index (χ3n) is 5.17. The molecule has 1 aromatic carbocycles. The van der Waals surface area contributed by atoms with Crippen LogP contribution in [-0.2, 0) is 11.2 Å². The number of aryl methyl sites for hydroxylation is 2. The number of thioether (sulfide) groups is 1. The van der Waals surface area contributed by atoms with Crippen LogP contribution in [0.25, 0.3) is 11.8 Å². The molecule has 148 valence electrons. The molecule has 0 unspecified atom stereocenters. The summed E-state index contributed by atoms with van der Waals surface area (Å²) in [7, 11) is 0. The quantitative estimate of drug-likeness (QED) is 0.750. The van der Waals surface area contributed by atoms with Gasteiger partial charge in [-0.1, -0.05) is 26.0 Å². The zero-order chi connectivity index (χ0) is 20.7. The largest absolute Gasteiger partial charge is 0.318 e. The number of carbonyl (C=O) groups excluding carboxylic acids is 1. The van der Waals surface area contributed by atoms with E-state index in [4.69, 9.17) is 5.41 Å². The third kappa shape index (κ3) is 3.35. The van der Waals surface area contributed by atoms with Crippen LogP contribution in [0.15, 0.2) is 46.0 Å². The molecule has 0 atom stereocenters. The third-order valence-corrected chi connectivity index (χ3v) is 6.22. The van der Waals surface area contributed by atoms with Gasteiger partial charge in [-0.3, -0.25) is 10.2 Å². The number of amidine groups is 2. The summed E-state index contributed by atoms with van der Waals surface area (Å²) >= 11 is 1.35. The Morgan fingerprint density at radius 1 is 1.14 bits per heavy atom. The summed E-state index contributed by atoms with van der Waals surface area (Å²) in [5.74, 6) is -0.313. The second-order valence-corrected chi connectivity index (χ2v) is 8.09. The number of nitrogens with zero attached hydrogens (tertiary/aromatic N) is 4. The van der Waals surface area contributed by atoms with Gasteiger partial charge in [0.15, 0.2) is 5.84 Å². The van der Waals surface area contributed by atoms with Crippen LogP contribution in [0, 0.1) is 19.3 Å². The van der Waals surface area contributed by atoms with Gasteiger partial charge in [-0.15, -0.1) is 0 Å². The number of fused-ring (bicyclic) bond motifs is 1. The normalized spacial score (nSPS) is 17.7. The van der Waals surface area contributed by atoms with Crippen molar-refractivity contribution in [3.8, 4) is 5.69 Å². The second kappa shape index (κ2) is 7.48. The topological polar surface area (TPSA) is 73.8 Å². The van der Waals surface area contributed by atoms with E-state index in [1.165, 1.54) is 22.3 Å². The SMILES string of the molecule is CCC1=NN2C(=N)C(=Cc3cc(C)n(-c4ccc(CC)cc4)c3C)C(=O)N=C2S1. The molecule has 4 rings (SSSR count). The fraction of sp³-hybridized carbons (Fsp3) is 0.273. The predicted molar refractivity (Wildman–Crippen MR) is 120 cm³/mol. The Hall–Kier alpha value is -2.93. The minimum absolute atomic E-state index is 0.0769. The molecule has 1 N–H and O–H groups in total. The first-order valence-corrected chi connectivity index (χ1v) is 10.5. The average Bonchev–Trinajstić information content (AvgIpc) is 3.25. The van der Waals surface area contributed by atoms with Crippen LogP contribution in [0.3, 0.4) is 0 Å². The highest BCUT2D eigenvalue weighted by molar-refractivity contribution is 8.26. The van der Waals surface area contributed by atoms with Crippen molar-refractivity contribution >= 4 is 39.8 Å². The van der Waals surface area contributed by atoms with E-state index in [1.807, 2.05) is 26.8 Å². The van der Waals surface area contributed by atoms with Crippen molar-refractivity contribution in [3.05, 3.63) is 58.4 Å². The first-order valence-electron chi connectivity index (χ1n) is 9.70. The standard InChI is InChI=1S/C22H23N5OS/c1-5-15-7-9-17(10-8-15)26-13(3)11-16(14(26)4)12-18-20(23)27-22(24-21(18)28)29-19(6-2)25-27/h7-12,23H,5-6H2,1-4H3. The minimum atomic E-state index is -0.390. The van der Waals surface area contributed by atoms with Crippen LogP contribution in [0.2, 0.25) is 0 Å². The molecule has 0 aliphatic carbocycles. The van der Waals surface area contributed by atoms with E-state index in [2.05, 4.69) is 45.9 Å². The van der Waals surface area contributed by atoms with Gasteiger partial charge in [-0.05, 0) is 73.9 Å². The lowest BCUT2D eigenvalue weighted by Crippen LogP contribution is -2.35. The van der Waals surface area contributed by atoms with Gasteiger partial charge >= 0.3 is 0 Å². The van der Waals surface area contributed by atoms with Crippen LogP contribution in [0.5, 0.6) is 0 Å². The number of amides is 1. The Morgan fingerprint density at radius 3 is 2.52 bits per heavy atom. The molecule has 0 saturated heterocycles. The fourth-order valence-electron chi connectivity index (χ4n) is 3.54. The van der Waals surface area contributed by atoms with Crippen molar-refractivity contribution in [1.29, 1.82) is 5.41 Å². The number of carbonyl (C=O) groups is 1. The Labute approximate surface area is 174 Å². The highest BCUT2D eigenvalue weighted by atomic mass is 32.2. The van der Waals surface area contributed by atoms with Gasteiger partial charge in [0.05, 0.1) is 5.57 Å². The molecular weight excluding hydrogens is 382 g/mol. The van der Waals surface area contributed by atoms with E-state index < -0.39 is 5.91 Å². The molecule has 2 aliphatic rings. The lowest BCUT2D eigenvalue weighted by atomic mass is 10.1. The monoisotopic (exact) mass is 405 g/mol. The first kappa shape index (κ1) is 19.4. The number of aromatic nitrogens is 1. The molecule has 2 aromatic rings. The minimum Gasteiger partial charge on any atom is -0.318 e. The van der Waals surface area contributed by atoms with Gasteiger partial charge in [0.25, 0.3) is 5.91 Å². The second-order valence-electron chi connectivity index (χ2n) is 7.05. The predicted octanol–water partition coefficient (Wildman–Crippen LogP) is 4.69. The maximum Gasteiger partial charge on any atom is 0.283 e. The first-order chi connectivity index (χ1) is 13.9. The van der Waals surface area contributed by atoms with Gasteiger partial charge in [0, 0.05) is 17.1 Å². The van der Waals surface area contributed by atoms with Crippen LogP contribution in [-0.4, -0.2) is 31.5 Å². The summed E-state index contributed by atoms with van der Waals surface area (Å²) in [4.78, 5) is 16.7. The van der Waals surface area contributed by atoms with E-state index in [1.54, 1.807) is 6.08 Å². The maximum absolute atomic E-state index is 12.6. The van der Waals surface area contributed by atoms with Crippen molar-refractivity contribution in [2.45, 2.75) is 40.5 Å². The summed E-state index contributed by atoms with van der Waals surface area (Å²) in [6, 6.07) is 10.5. The number of rotatable bonds is 4. The number of hydrogen-bond donors (Lipinski definition) is 1.